The van der Waals surface area contributed by atoms with Gasteiger partial charge in [0.1, 0.15) is 23.9 Å². The molecule has 2 aromatic rings. The molecule has 1 saturated heterocycles. The standard InChI is InChI=1S/C51H67NO14Si/c1-12-29(5)45(57)52-39(33-22-18-16-19-23-33)41(66-67(13-2,14-3)15-4)47(59)63-35-27-51(60)44(64-46(58)34-24-20-17-21-25-34)42-49(11,36(55)26-37-50(42,28-61-37)65-32(8)54)43(56)40(62-31(7)53)38(30(35)6)48(51,9)10/h12,16-25,35-37,39-42,44,55,60H,13-15,26-28H2,1-11H3,(H,52,57)/b29-12+/t35-,36-,37+,39-,40+,41+,42?,44-,49+,50-,51+/m0/s1. The second-order valence-corrected chi connectivity index (χ2v) is 24.0. The second-order valence-electron chi connectivity index (χ2n) is 19.3. The molecule has 0 spiro atoms. The minimum Gasteiger partial charge on any atom is -0.456 e. The zero-order valence-corrected chi connectivity index (χ0v) is 41.5. The Morgan fingerprint density at radius 3 is 2.01 bits per heavy atom. The molecule has 1 heterocycles. The fourth-order valence-corrected chi connectivity index (χ4v) is 13.9. The van der Waals surface area contributed by atoms with E-state index in [0.29, 0.717) is 29.3 Å². The monoisotopic (exact) mass is 945 g/mol. The number of ether oxygens (including phenoxy) is 5. The van der Waals surface area contributed by atoms with Gasteiger partial charge in [0.2, 0.25) is 5.91 Å². The van der Waals surface area contributed by atoms with Gasteiger partial charge in [0.05, 0.1) is 35.6 Å². The van der Waals surface area contributed by atoms with Gasteiger partial charge in [-0.1, -0.05) is 89.2 Å². The molecule has 11 atom stereocenters. The van der Waals surface area contributed by atoms with E-state index in [0.717, 1.165) is 6.92 Å². The highest BCUT2D eigenvalue weighted by Gasteiger charge is 2.78. The fraction of sp³-hybridized carbons (Fsp3) is 0.569. The van der Waals surface area contributed by atoms with E-state index in [4.69, 9.17) is 28.1 Å². The number of aliphatic hydroxyl groups is 2. The van der Waals surface area contributed by atoms with Gasteiger partial charge in [-0.25, -0.2) is 9.59 Å². The van der Waals surface area contributed by atoms with Crippen molar-refractivity contribution in [1.82, 2.24) is 5.32 Å². The minimum atomic E-state index is -2.71. The molecule has 67 heavy (non-hydrogen) atoms. The van der Waals surface area contributed by atoms with Crippen molar-refractivity contribution in [2.24, 2.45) is 16.7 Å². The van der Waals surface area contributed by atoms with Gasteiger partial charge in [-0.15, -0.1) is 0 Å². The van der Waals surface area contributed by atoms with Crippen LogP contribution in [0.4, 0.5) is 0 Å². The molecule has 3 aliphatic carbocycles. The van der Waals surface area contributed by atoms with E-state index < -0.39 is 121 Å². The third-order valence-corrected chi connectivity index (χ3v) is 20.1. The molecule has 15 nitrogen and oxygen atoms in total. The Bertz CT molecular complexity index is 2280. The van der Waals surface area contributed by atoms with Crippen molar-refractivity contribution in [1.29, 1.82) is 0 Å². The van der Waals surface area contributed by atoms with E-state index in [-0.39, 0.29) is 29.7 Å². The van der Waals surface area contributed by atoms with Crippen molar-refractivity contribution in [2.75, 3.05) is 6.61 Å². The highest BCUT2D eigenvalue weighted by atomic mass is 28.4. The Balaban J connectivity index is 1.61. The maximum atomic E-state index is 15.7. The molecule has 3 N–H and O–H groups in total. The molecule has 364 valence electrons. The smallest absolute Gasteiger partial charge is 0.338 e. The fourth-order valence-electron chi connectivity index (χ4n) is 11.1. The van der Waals surface area contributed by atoms with E-state index in [1.54, 1.807) is 83.2 Å². The van der Waals surface area contributed by atoms with E-state index >= 15 is 9.59 Å². The van der Waals surface area contributed by atoms with Crippen LogP contribution in [-0.4, -0.2) is 109 Å². The van der Waals surface area contributed by atoms with E-state index in [2.05, 4.69) is 5.32 Å². The summed E-state index contributed by atoms with van der Waals surface area (Å²) in [5, 5.41) is 29.2. The van der Waals surface area contributed by atoms with E-state index in [9.17, 15) is 29.4 Å². The van der Waals surface area contributed by atoms with Crippen LogP contribution in [0.15, 0.2) is 83.5 Å². The van der Waals surface area contributed by atoms with Crippen LogP contribution in [0.3, 0.4) is 0 Å². The average Bonchev–Trinajstić information content (AvgIpc) is 3.29. The Labute approximate surface area is 394 Å². The van der Waals surface area contributed by atoms with Crippen molar-refractivity contribution < 1.29 is 67.1 Å². The third kappa shape index (κ3) is 8.95. The van der Waals surface area contributed by atoms with Crippen LogP contribution in [0.5, 0.6) is 0 Å². The topological polar surface area (TPSA) is 210 Å². The first kappa shape index (κ1) is 51.4. The number of benzene rings is 2. The number of amides is 1. The minimum absolute atomic E-state index is 0.0638. The van der Waals surface area contributed by atoms with E-state index in [1.807, 2.05) is 26.8 Å². The Hall–Kier alpha value is -5.00. The average molecular weight is 946 g/mol. The predicted molar refractivity (Wildman–Crippen MR) is 247 cm³/mol. The molecule has 0 radical (unpaired) electrons. The highest BCUT2D eigenvalue weighted by Crippen LogP contribution is 2.64. The van der Waals surface area contributed by atoms with Gasteiger partial charge >= 0.3 is 23.9 Å². The number of fused-ring (bicyclic) bond motifs is 5. The van der Waals surface area contributed by atoms with Gasteiger partial charge in [-0.3, -0.25) is 19.2 Å². The lowest BCUT2D eigenvalue weighted by Gasteiger charge is -2.67. The maximum absolute atomic E-state index is 15.7. The number of carbonyl (C=O) groups is 6. The number of aliphatic hydroxyl groups excluding tert-OH is 1. The van der Waals surface area contributed by atoms with Crippen LogP contribution in [0.1, 0.15) is 111 Å². The summed E-state index contributed by atoms with van der Waals surface area (Å²) < 4.78 is 38.2. The molecule has 2 bridgehead atoms. The number of ketones is 1. The molecule has 4 aliphatic rings. The second kappa shape index (κ2) is 19.5. The molecule has 1 aliphatic heterocycles. The first-order valence-corrected chi connectivity index (χ1v) is 25.8. The molecule has 0 aromatic heterocycles. The number of Topliss-reactive ketones (excluding diaryl/α,β-unsaturated/α-hetero) is 1. The Kier molecular flexibility index (Phi) is 15.0. The summed E-state index contributed by atoms with van der Waals surface area (Å²) in [6.45, 7) is 17.7. The predicted octanol–water partition coefficient (Wildman–Crippen LogP) is 6.42. The lowest BCUT2D eigenvalue weighted by atomic mass is 9.44. The van der Waals surface area contributed by atoms with Gasteiger partial charge in [0, 0.05) is 37.7 Å². The third-order valence-electron chi connectivity index (χ3n) is 15.5. The van der Waals surface area contributed by atoms with Crippen LogP contribution < -0.4 is 5.32 Å². The van der Waals surface area contributed by atoms with Crippen LogP contribution >= 0.6 is 0 Å². The summed E-state index contributed by atoms with van der Waals surface area (Å²) in [4.78, 5) is 85.6. The van der Waals surface area contributed by atoms with Crippen LogP contribution in [0.2, 0.25) is 18.1 Å². The molecule has 16 heteroatoms. The summed E-state index contributed by atoms with van der Waals surface area (Å²) in [5.41, 5.74) is -6.39. The summed E-state index contributed by atoms with van der Waals surface area (Å²) in [5.74, 6) is -6.19. The first-order valence-electron chi connectivity index (χ1n) is 23.3. The molecule has 1 amide bonds. The molecule has 2 saturated carbocycles. The number of esters is 4. The molecule has 6 rings (SSSR count). The van der Waals surface area contributed by atoms with Crippen molar-refractivity contribution >= 4 is 43.9 Å². The lowest BCUT2D eigenvalue weighted by Crippen LogP contribution is -2.82. The molecular formula is C51H67NO14Si. The SMILES string of the molecule is C/C=C(\C)C(=O)N[C@@H](c1ccccc1)[C@@H](O[Si](CC)(CC)CC)C(=O)O[C@H]1C[C@@]2(O)[C@@H](OC(=O)c3ccccc3)C3[C@](C)(C(=O)[C@H](OC(C)=O)C(=C1C)C2(C)C)[C@@H](O)C[C@H]1OC[C@@]31OC(C)=O. The summed E-state index contributed by atoms with van der Waals surface area (Å²) >= 11 is 0. The Morgan fingerprint density at radius 1 is 0.896 bits per heavy atom. The molecule has 1 unspecified atom stereocenters. The Morgan fingerprint density at radius 2 is 1.49 bits per heavy atom. The zero-order valence-electron chi connectivity index (χ0n) is 40.5. The van der Waals surface area contributed by atoms with Crippen LogP contribution in [-0.2, 0) is 52.1 Å². The zero-order chi connectivity index (χ0) is 49.4. The summed E-state index contributed by atoms with van der Waals surface area (Å²) in [6.07, 6.45) is -7.97. The number of rotatable bonds is 15. The molecule has 2 aromatic carbocycles. The number of hydrogen-bond donors (Lipinski definition) is 3. The number of nitrogens with one attached hydrogen (secondary N) is 1. The van der Waals surface area contributed by atoms with Gasteiger partial charge in [0.25, 0.3) is 0 Å². The largest absolute Gasteiger partial charge is 0.456 e. The number of carbonyl (C=O) groups excluding carboxylic acids is 6. The van der Waals surface area contributed by atoms with Gasteiger partial charge in [-0.2, -0.15) is 0 Å². The van der Waals surface area contributed by atoms with E-state index in [1.165, 1.54) is 26.0 Å². The van der Waals surface area contributed by atoms with Crippen molar-refractivity contribution in [3.63, 3.8) is 0 Å². The van der Waals surface area contributed by atoms with Crippen LogP contribution in [0.25, 0.3) is 0 Å². The lowest BCUT2D eigenvalue weighted by molar-refractivity contribution is -0.346. The summed E-state index contributed by atoms with van der Waals surface area (Å²) in [7, 11) is -2.71. The van der Waals surface area contributed by atoms with Crippen molar-refractivity contribution in [3.05, 3.63) is 94.6 Å². The normalized spacial score (nSPS) is 31.0. The van der Waals surface area contributed by atoms with Crippen LogP contribution in [0, 0.1) is 16.7 Å². The quantitative estimate of drug-likeness (QED) is 0.0579. The first-order chi connectivity index (χ1) is 31.5. The highest BCUT2D eigenvalue weighted by molar-refractivity contribution is 6.73. The van der Waals surface area contributed by atoms with Crippen molar-refractivity contribution in [3.8, 4) is 0 Å². The number of allylic oxidation sites excluding steroid dienone is 1. The number of hydrogen-bond acceptors (Lipinski definition) is 14. The summed E-state index contributed by atoms with van der Waals surface area (Å²) in [6, 6.07) is 17.8. The maximum Gasteiger partial charge on any atom is 0.338 e. The van der Waals surface area contributed by atoms with Gasteiger partial charge in [-0.05, 0) is 74.7 Å². The molecule has 3 fully saturated rings. The van der Waals surface area contributed by atoms with Gasteiger partial charge in [0.15, 0.2) is 31.9 Å². The van der Waals surface area contributed by atoms with Crippen molar-refractivity contribution in [2.45, 2.75) is 161 Å². The van der Waals surface area contributed by atoms with Gasteiger partial charge < -0.3 is 43.6 Å². The molecular weight excluding hydrogens is 879 g/mol.